The Morgan fingerprint density at radius 2 is 1.90 bits per heavy atom. The van der Waals surface area contributed by atoms with Crippen molar-refractivity contribution in [3.63, 3.8) is 0 Å². The van der Waals surface area contributed by atoms with Crippen molar-refractivity contribution in [1.29, 1.82) is 0 Å². The molecule has 1 aliphatic carbocycles. The summed E-state index contributed by atoms with van der Waals surface area (Å²) >= 11 is -1.44. The molecule has 1 N–H and O–H groups in total. The van der Waals surface area contributed by atoms with Crippen LogP contribution < -0.4 is 28.8 Å². The molecule has 104 valence electrons. The molecule has 1 aromatic carbocycles. The van der Waals surface area contributed by atoms with Crippen LogP contribution in [0.3, 0.4) is 0 Å². The largest absolute Gasteiger partial charge is 1.00 e. The second-order valence-electron chi connectivity index (χ2n) is 4.97. The minimum absolute atomic E-state index is 0. The van der Waals surface area contributed by atoms with Crippen molar-refractivity contribution >= 4 is 18.7 Å². The quantitative estimate of drug-likeness (QED) is 0.580. The average Bonchev–Trinajstić information content (AvgIpc) is 2.97. The van der Waals surface area contributed by atoms with Crippen molar-refractivity contribution in [3.8, 4) is 0 Å². The Hall–Kier alpha value is -0.596. The Bertz CT molecular complexity index is 658. The minimum atomic E-state index is -1.44. The van der Waals surface area contributed by atoms with Gasteiger partial charge in [0, 0.05) is 0 Å². The third-order valence-electron chi connectivity index (χ3n) is 3.39. The topological polar surface area (TPSA) is 15.8 Å². The predicted octanol–water partition coefficient (Wildman–Crippen LogP) is -2.52. The van der Waals surface area contributed by atoms with Gasteiger partial charge in [0.1, 0.15) is 0 Å². The number of allylic oxidation sites excluding steroid dienone is 4. The molecule has 0 saturated heterocycles. The van der Waals surface area contributed by atoms with E-state index >= 15 is 0 Å². The first kappa shape index (κ1) is 17.5. The molecule has 0 aliphatic heterocycles. The van der Waals surface area contributed by atoms with Crippen molar-refractivity contribution < 1.29 is 42.2 Å². The Kier molecular flexibility index (Phi) is 6.48. The number of halogens is 2. The van der Waals surface area contributed by atoms with Gasteiger partial charge in [-0.15, -0.1) is 0 Å². The maximum Gasteiger partial charge on any atom is -1.00 e. The number of hydrogen-bond donors (Lipinski definition) is 1. The van der Waals surface area contributed by atoms with Crippen LogP contribution in [0, 0.1) is 0 Å². The minimum Gasteiger partial charge on any atom is -1.00 e. The summed E-state index contributed by atoms with van der Waals surface area (Å²) in [5.74, 6) is 0. The molecule has 0 amide bonds. The summed E-state index contributed by atoms with van der Waals surface area (Å²) < 4.78 is 4.74. The summed E-state index contributed by atoms with van der Waals surface area (Å²) in [4.78, 5) is 3.64. The maximum absolute atomic E-state index is 3.64. The smallest absolute Gasteiger partial charge is 1.00 e. The first-order chi connectivity index (χ1) is 8.75. The van der Waals surface area contributed by atoms with Gasteiger partial charge < -0.3 is 24.8 Å². The summed E-state index contributed by atoms with van der Waals surface area (Å²) in [6.45, 7) is 4.58. The molecule has 1 aliphatic rings. The monoisotopic (exact) mass is 341 g/mol. The summed E-state index contributed by atoms with van der Waals surface area (Å²) in [5.41, 5.74) is 1.27. The summed E-state index contributed by atoms with van der Waals surface area (Å²) in [6.07, 6.45) is 7.95. The second-order valence-corrected chi connectivity index (χ2v) is 9.55. The summed E-state index contributed by atoms with van der Waals surface area (Å²) in [5, 5.41) is 1.34. The van der Waals surface area contributed by atoms with E-state index in [4.69, 9.17) is 0 Å². The molecule has 4 heteroatoms. The van der Waals surface area contributed by atoms with Crippen LogP contribution >= 0.6 is 0 Å². The number of aromatic amines is 1. The molecule has 0 spiro atoms. The van der Waals surface area contributed by atoms with Crippen molar-refractivity contribution in [2.75, 3.05) is 0 Å². The van der Waals surface area contributed by atoms with Crippen molar-refractivity contribution in [3.05, 3.63) is 52.4 Å². The Morgan fingerprint density at radius 1 is 1.15 bits per heavy atom. The molecule has 20 heavy (non-hydrogen) atoms. The van der Waals surface area contributed by atoms with Crippen LogP contribution in [0.25, 0.3) is 10.9 Å². The molecule has 0 unspecified atom stereocenters. The average molecular weight is 342 g/mol. The third kappa shape index (κ3) is 3.35. The molecule has 1 nitrogen and oxygen atoms in total. The van der Waals surface area contributed by atoms with Crippen molar-refractivity contribution in [2.45, 2.75) is 20.3 Å². The van der Waals surface area contributed by atoms with Gasteiger partial charge >= 0.3 is 114 Å². The summed E-state index contributed by atoms with van der Waals surface area (Å²) in [6, 6.07) is 10.9. The zero-order valence-corrected chi connectivity index (χ0v) is 14.7. The number of fused-ring (bicyclic) bond motifs is 1. The number of H-pyrrole nitrogens is 1. The first-order valence-corrected chi connectivity index (χ1v) is 8.71. The van der Waals surface area contributed by atoms with Gasteiger partial charge in [-0.1, -0.05) is 0 Å². The Labute approximate surface area is 138 Å². The normalized spacial score (nSPS) is 12.2. The van der Waals surface area contributed by atoms with E-state index < -0.39 is 17.4 Å². The maximum atomic E-state index is 3.64. The number of nitrogens with one attached hydrogen (secondary N) is 1. The van der Waals surface area contributed by atoms with Crippen LogP contribution in [-0.4, -0.2) is 8.80 Å². The van der Waals surface area contributed by atoms with Crippen molar-refractivity contribution in [1.82, 2.24) is 4.98 Å². The molecule has 1 heterocycles. The van der Waals surface area contributed by atoms with Gasteiger partial charge in [0.25, 0.3) is 0 Å². The van der Waals surface area contributed by atoms with Crippen LogP contribution in [-0.2, 0) is 17.4 Å². The number of para-hydroxylation sites is 1. The van der Waals surface area contributed by atoms with Crippen LogP contribution in [0.1, 0.15) is 20.3 Å². The molecule has 0 fully saturated rings. The molecule has 1 aromatic heterocycles. The molecule has 0 atom stereocenters. The van der Waals surface area contributed by atoms with E-state index in [1.807, 2.05) is 0 Å². The number of rotatable bonds is 2. The van der Waals surface area contributed by atoms with Gasteiger partial charge in [-0.25, -0.2) is 0 Å². The standard InChI is InChI=1S/C8H6N.C5H5.C3H6.2ClH.Ti/c1-2-4-8-7(3-1)5-6-9-8;1-2-4-5-3-1;1-3-2;;;/h1-5,9H;1-3H,4H2;1-2H3;2*1H;/q;;;;;+2/p-2. The molecule has 0 bridgehead atoms. The van der Waals surface area contributed by atoms with E-state index in [1.165, 1.54) is 14.9 Å². The number of hydrogen-bond acceptors (Lipinski definition) is 0. The van der Waals surface area contributed by atoms with Crippen LogP contribution in [0.2, 0.25) is 0 Å². The van der Waals surface area contributed by atoms with Gasteiger partial charge in [0.2, 0.25) is 0 Å². The van der Waals surface area contributed by atoms with Crippen LogP contribution in [0.5, 0.6) is 0 Å². The van der Waals surface area contributed by atoms with E-state index in [0.717, 1.165) is 6.42 Å². The fraction of sp³-hybridized carbons (Fsp3) is 0.188. The summed E-state index contributed by atoms with van der Waals surface area (Å²) in [7, 11) is 0. The van der Waals surface area contributed by atoms with Gasteiger partial charge in [0.05, 0.1) is 0 Å². The van der Waals surface area contributed by atoms with Crippen LogP contribution in [0.4, 0.5) is 0 Å². The number of benzene rings is 1. The zero-order chi connectivity index (χ0) is 12.5. The van der Waals surface area contributed by atoms with Gasteiger partial charge in [-0.05, 0) is 0 Å². The molecule has 0 radical (unpaired) electrons. The van der Waals surface area contributed by atoms with Crippen molar-refractivity contribution in [2.24, 2.45) is 0 Å². The van der Waals surface area contributed by atoms with E-state index in [-0.39, 0.29) is 24.8 Å². The molecular formula is C16H17Cl2NTi. The van der Waals surface area contributed by atoms with Gasteiger partial charge in [-0.3, -0.25) is 0 Å². The van der Waals surface area contributed by atoms with E-state index in [1.54, 1.807) is 7.69 Å². The van der Waals surface area contributed by atoms with Gasteiger partial charge in [-0.2, -0.15) is 0 Å². The predicted molar refractivity (Wildman–Crippen MR) is 76.1 cm³/mol. The molecule has 2 aromatic rings. The first-order valence-electron chi connectivity index (χ1n) is 6.37. The third-order valence-corrected chi connectivity index (χ3v) is 7.80. The SMILES string of the molecule is C[C](C)=[Ti+2]([C]1=CC=CC1)[c]1cc2ccccc2[nH]1.[Cl-].[Cl-]. The van der Waals surface area contributed by atoms with Crippen LogP contribution in [0.15, 0.2) is 52.4 Å². The zero-order valence-electron chi connectivity index (χ0n) is 11.6. The Balaban J connectivity index is 0.000001000. The van der Waals surface area contributed by atoms with Gasteiger partial charge in [0.15, 0.2) is 0 Å². The molecular weight excluding hydrogens is 325 g/mol. The fourth-order valence-electron chi connectivity index (χ4n) is 2.60. The van der Waals surface area contributed by atoms with E-state index in [0.29, 0.717) is 0 Å². The molecule has 0 saturated carbocycles. The Morgan fingerprint density at radius 3 is 2.50 bits per heavy atom. The fourth-order valence-corrected chi connectivity index (χ4v) is 6.78. The van der Waals surface area contributed by atoms with E-state index in [2.05, 4.69) is 67.4 Å². The second kappa shape index (κ2) is 7.42. The number of aromatic nitrogens is 1. The van der Waals surface area contributed by atoms with E-state index in [9.17, 15) is 0 Å². The molecule has 3 rings (SSSR count).